The highest BCUT2D eigenvalue weighted by Gasteiger charge is 2.39. The van der Waals surface area contributed by atoms with Crippen molar-refractivity contribution in [2.75, 3.05) is 6.54 Å². The Bertz CT molecular complexity index is 1390. The van der Waals surface area contributed by atoms with Gasteiger partial charge >= 0.3 is 0 Å². The van der Waals surface area contributed by atoms with E-state index in [1.165, 1.54) is 0 Å². The first kappa shape index (κ1) is 21.5. The maximum absolute atomic E-state index is 13.3. The zero-order valence-electron chi connectivity index (χ0n) is 18.7. The second-order valence-electron chi connectivity index (χ2n) is 8.32. The zero-order chi connectivity index (χ0) is 23.7. The molecule has 5 rings (SSSR count). The van der Waals surface area contributed by atoms with Gasteiger partial charge in [0.05, 0.1) is 6.04 Å². The number of carbonyl (C=O) groups excluding carboxylic acids is 3. The second-order valence-corrected chi connectivity index (χ2v) is 8.32. The Balaban J connectivity index is 1.36. The van der Waals surface area contributed by atoms with Gasteiger partial charge in [-0.1, -0.05) is 54.6 Å². The lowest BCUT2D eigenvalue weighted by Crippen LogP contribution is -2.43. The summed E-state index contributed by atoms with van der Waals surface area (Å²) in [7, 11) is 0. The first-order chi connectivity index (χ1) is 16.5. The summed E-state index contributed by atoms with van der Waals surface area (Å²) in [5, 5.41) is 1.05. The highest BCUT2D eigenvalue weighted by molar-refractivity contribution is 6.01. The predicted octanol–water partition coefficient (Wildman–Crippen LogP) is 3.87. The number of rotatable bonds is 5. The van der Waals surface area contributed by atoms with Crippen LogP contribution < -0.4 is 10.9 Å². The third-order valence-corrected chi connectivity index (χ3v) is 6.21. The lowest BCUT2D eigenvalue weighted by Gasteiger charge is -2.26. The molecule has 0 fully saturated rings. The Hall–Kier alpha value is -4.39. The first-order valence-electron chi connectivity index (χ1n) is 11.2. The van der Waals surface area contributed by atoms with Gasteiger partial charge in [-0.15, -0.1) is 0 Å². The van der Waals surface area contributed by atoms with Crippen LogP contribution in [0.25, 0.3) is 10.9 Å². The van der Waals surface area contributed by atoms with E-state index in [-0.39, 0.29) is 30.8 Å². The number of hydrogen-bond acceptors (Lipinski definition) is 3. The van der Waals surface area contributed by atoms with Crippen molar-refractivity contribution in [3.05, 3.63) is 107 Å². The molecule has 7 heteroatoms. The van der Waals surface area contributed by atoms with Gasteiger partial charge in [0.15, 0.2) is 0 Å². The summed E-state index contributed by atoms with van der Waals surface area (Å²) in [4.78, 5) is 43.2. The Morgan fingerprint density at radius 1 is 0.912 bits per heavy atom. The summed E-state index contributed by atoms with van der Waals surface area (Å²) in [5.41, 5.74) is 9.93. The Kier molecular flexibility index (Phi) is 5.59. The molecule has 4 aromatic rings. The molecule has 34 heavy (non-hydrogen) atoms. The molecule has 1 atom stereocenters. The average molecular weight is 453 g/mol. The van der Waals surface area contributed by atoms with Crippen molar-refractivity contribution in [1.29, 1.82) is 0 Å². The molecule has 0 unspecified atom stereocenters. The fourth-order valence-corrected chi connectivity index (χ4v) is 4.64. The number of fused-ring (bicyclic) bond motifs is 2. The van der Waals surface area contributed by atoms with Crippen molar-refractivity contribution in [1.82, 2.24) is 20.7 Å². The van der Waals surface area contributed by atoms with Gasteiger partial charge in [-0.2, -0.15) is 0 Å². The minimum atomic E-state index is -0.397. The molecule has 0 spiro atoms. The van der Waals surface area contributed by atoms with E-state index >= 15 is 0 Å². The van der Waals surface area contributed by atoms with E-state index in [1.54, 1.807) is 29.2 Å². The number of aromatic nitrogens is 1. The number of nitrogens with one attached hydrogen (secondary N) is 3. The lowest BCUT2D eigenvalue weighted by atomic mass is 9.95. The third-order valence-electron chi connectivity index (χ3n) is 6.21. The maximum atomic E-state index is 13.3. The van der Waals surface area contributed by atoms with E-state index in [2.05, 4.69) is 15.8 Å². The molecule has 0 radical (unpaired) electrons. The molecule has 3 N–H and O–H groups in total. The van der Waals surface area contributed by atoms with E-state index in [1.807, 2.05) is 61.5 Å². The number of nitrogens with zero attached hydrogens (tertiary/aromatic N) is 1. The van der Waals surface area contributed by atoms with E-state index in [4.69, 9.17) is 0 Å². The van der Waals surface area contributed by atoms with Crippen molar-refractivity contribution in [3.63, 3.8) is 0 Å². The molecule has 0 saturated carbocycles. The van der Waals surface area contributed by atoms with Crippen LogP contribution >= 0.6 is 0 Å². The van der Waals surface area contributed by atoms with Crippen LogP contribution in [-0.4, -0.2) is 34.2 Å². The quantitative estimate of drug-likeness (QED) is 0.401. The standard InChI is InChI=1S/C27H24N4O3/c1-17-24(21-13-7-8-14-22(21)28-17)25-19-11-5-6-12-20(19)27(34)31(25)16-15-23(32)29-30-26(33)18-9-3-2-4-10-18/h2-14,25,28H,15-16H2,1H3,(H,29,32)(H,30,33)/t25-/m0/s1. The molecule has 2 heterocycles. The molecule has 0 aliphatic carbocycles. The second kappa shape index (κ2) is 8.86. The average Bonchev–Trinajstić information content (AvgIpc) is 3.34. The van der Waals surface area contributed by atoms with Crippen LogP contribution in [0.2, 0.25) is 0 Å². The summed E-state index contributed by atoms with van der Waals surface area (Å²) in [6, 6.07) is 23.9. The molecule has 0 saturated heterocycles. The minimum Gasteiger partial charge on any atom is -0.358 e. The molecule has 3 aromatic carbocycles. The zero-order valence-corrected chi connectivity index (χ0v) is 18.7. The Labute approximate surface area is 196 Å². The largest absolute Gasteiger partial charge is 0.358 e. The Morgan fingerprint density at radius 2 is 1.62 bits per heavy atom. The highest BCUT2D eigenvalue weighted by Crippen LogP contribution is 2.42. The summed E-state index contributed by atoms with van der Waals surface area (Å²) in [6.45, 7) is 2.22. The van der Waals surface area contributed by atoms with E-state index in [0.717, 1.165) is 27.7 Å². The SMILES string of the molecule is Cc1[nH]c2ccccc2c1[C@@H]1c2ccccc2C(=O)N1CCC(=O)NNC(=O)c1ccccc1. The molecule has 3 amide bonds. The summed E-state index contributed by atoms with van der Waals surface area (Å²) < 4.78 is 0. The van der Waals surface area contributed by atoms with Gasteiger partial charge in [0, 0.05) is 46.3 Å². The van der Waals surface area contributed by atoms with Gasteiger partial charge in [0.2, 0.25) is 5.91 Å². The molecule has 1 aliphatic heterocycles. The molecular formula is C27H24N4O3. The molecule has 0 bridgehead atoms. The third kappa shape index (κ3) is 3.81. The number of H-pyrrole nitrogens is 1. The van der Waals surface area contributed by atoms with Crippen molar-refractivity contribution in [2.24, 2.45) is 0 Å². The van der Waals surface area contributed by atoms with Gasteiger partial charge in [-0.25, -0.2) is 0 Å². The number of hydrazine groups is 1. The van der Waals surface area contributed by atoms with Crippen LogP contribution in [0, 0.1) is 6.92 Å². The van der Waals surface area contributed by atoms with E-state index in [9.17, 15) is 14.4 Å². The van der Waals surface area contributed by atoms with Crippen LogP contribution in [0.4, 0.5) is 0 Å². The van der Waals surface area contributed by atoms with Crippen LogP contribution in [0.15, 0.2) is 78.9 Å². The Morgan fingerprint density at radius 3 is 2.44 bits per heavy atom. The number of aryl methyl sites for hydroxylation is 1. The molecular weight excluding hydrogens is 428 g/mol. The number of hydrogen-bond donors (Lipinski definition) is 3. The normalized spacial score (nSPS) is 14.8. The highest BCUT2D eigenvalue weighted by atomic mass is 16.2. The van der Waals surface area contributed by atoms with E-state index < -0.39 is 5.91 Å². The smallest absolute Gasteiger partial charge is 0.269 e. The minimum absolute atomic E-state index is 0.0483. The fourth-order valence-electron chi connectivity index (χ4n) is 4.64. The van der Waals surface area contributed by atoms with Crippen LogP contribution in [0.3, 0.4) is 0 Å². The maximum Gasteiger partial charge on any atom is 0.269 e. The predicted molar refractivity (Wildman–Crippen MR) is 129 cm³/mol. The summed E-state index contributed by atoms with van der Waals surface area (Å²) in [6.07, 6.45) is 0.0483. The summed E-state index contributed by atoms with van der Waals surface area (Å²) >= 11 is 0. The van der Waals surface area contributed by atoms with Crippen LogP contribution in [-0.2, 0) is 4.79 Å². The molecule has 7 nitrogen and oxygen atoms in total. The van der Waals surface area contributed by atoms with E-state index in [0.29, 0.717) is 11.1 Å². The van der Waals surface area contributed by atoms with Gasteiger partial charge in [0.25, 0.3) is 11.8 Å². The number of carbonyl (C=O) groups is 3. The first-order valence-corrected chi connectivity index (χ1v) is 11.2. The van der Waals surface area contributed by atoms with Crippen molar-refractivity contribution < 1.29 is 14.4 Å². The van der Waals surface area contributed by atoms with Gasteiger partial charge < -0.3 is 9.88 Å². The fraction of sp³-hybridized carbons (Fsp3) is 0.148. The van der Waals surface area contributed by atoms with Crippen LogP contribution in [0.1, 0.15) is 50.0 Å². The monoisotopic (exact) mass is 452 g/mol. The van der Waals surface area contributed by atoms with Crippen molar-refractivity contribution >= 4 is 28.6 Å². The summed E-state index contributed by atoms with van der Waals surface area (Å²) in [5.74, 6) is -0.875. The number of amides is 3. The van der Waals surface area contributed by atoms with Crippen molar-refractivity contribution in [3.8, 4) is 0 Å². The molecule has 170 valence electrons. The lowest BCUT2D eigenvalue weighted by molar-refractivity contribution is -0.122. The molecule has 1 aromatic heterocycles. The van der Waals surface area contributed by atoms with Gasteiger partial charge in [-0.3, -0.25) is 25.2 Å². The number of aromatic amines is 1. The molecule has 1 aliphatic rings. The van der Waals surface area contributed by atoms with Crippen LogP contribution in [0.5, 0.6) is 0 Å². The van der Waals surface area contributed by atoms with Crippen molar-refractivity contribution in [2.45, 2.75) is 19.4 Å². The number of para-hydroxylation sites is 1. The van der Waals surface area contributed by atoms with Gasteiger partial charge in [0.1, 0.15) is 0 Å². The number of benzene rings is 3. The topological polar surface area (TPSA) is 94.3 Å². The van der Waals surface area contributed by atoms with Gasteiger partial charge in [-0.05, 0) is 36.8 Å².